The van der Waals surface area contributed by atoms with Crippen molar-refractivity contribution < 1.29 is 14.4 Å². The number of aromatic nitrogens is 1. The van der Waals surface area contributed by atoms with Crippen LogP contribution in [0.5, 0.6) is 0 Å². The first kappa shape index (κ1) is 14.8. The van der Waals surface area contributed by atoms with Crippen LogP contribution in [0.15, 0.2) is 28.9 Å². The van der Waals surface area contributed by atoms with Crippen molar-refractivity contribution >= 4 is 11.6 Å². The Morgan fingerprint density at radius 2 is 2.24 bits per heavy atom. The van der Waals surface area contributed by atoms with Crippen LogP contribution in [-0.2, 0) is 0 Å². The zero-order valence-electron chi connectivity index (χ0n) is 11.9. The van der Waals surface area contributed by atoms with Gasteiger partial charge < -0.3 is 14.9 Å². The van der Waals surface area contributed by atoms with Crippen molar-refractivity contribution in [1.82, 2.24) is 5.16 Å². The molecule has 1 heterocycles. The van der Waals surface area contributed by atoms with Gasteiger partial charge in [-0.25, -0.2) is 0 Å². The summed E-state index contributed by atoms with van der Waals surface area (Å²) in [6.07, 6.45) is 1.82. The summed E-state index contributed by atoms with van der Waals surface area (Å²) in [6, 6.07) is 5.57. The van der Waals surface area contributed by atoms with Crippen LogP contribution < -0.4 is 5.32 Å². The second-order valence-corrected chi connectivity index (χ2v) is 4.55. The molecule has 1 amide bonds. The normalized spacial score (nSPS) is 9.86. The summed E-state index contributed by atoms with van der Waals surface area (Å²) in [4.78, 5) is 12.1. The van der Waals surface area contributed by atoms with E-state index in [9.17, 15) is 4.79 Å². The Morgan fingerprint density at radius 1 is 1.43 bits per heavy atom. The number of hydrogen-bond acceptors (Lipinski definition) is 4. The van der Waals surface area contributed by atoms with Crippen LogP contribution in [-0.4, -0.2) is 22.8 Å². The second kappa shape index (κ2) is 6.73. The van der Waals surface area contributed by atoms with Crippen LogP contribution in [0.2, 0.25) is 0 Å². The van der Waals surface area contributed by atoms with E-state index in [0.717, 1.165) is 11.1 Å². The number of carbonyl (C=O) groups is 1. The molecule has 5 nitrogen and oxygen atoms in total. The highest BCUT2D eigenvalue weighted by molar-refractivity contribution is 6.05. The van der Waals surface area contributed by atoms with Crippen LogP contribution in [0, 0.1) is 25.7 Å². The molecule has 1 aromatic carbocycles. The minimum atomic E-state index is -0.266. The van der Waals surface area contributed by atoms with E-state index in [1.54, 1.807) is 13.0 Å². The fraction of sp³-hybridized carbons (Fsp3) is 0.250. The SMILES string of the molecule is Cc1ccc(C#CCCO)cc1NC(=O)c1cnoc1C. The van der Waals surface area contributed by atoms with Crippen molar-refractivity contribution in [3.8, 4) is 11.8 Å². The number of aliphatic hydroxyl groups is 1. The van der Waals surface area contributed by atoms with Crippen molar-refractivity contribution in [1.29, 1.82) is 0 Å². The lowest BCUT2D eigenvalue weighted by Crippen LogP contribution is -2.13. The molecule has 0 fully saturated rings. The number of rotatable bonds is 3. The number of nitrogens with zero attached hydrogens (tertiary/aromatic N) is 1. The van der Waals surface area contributed by atoms with E-state index < -0.39 is 0 Å². The predicted molar refractivity (Wildman–Crippen MR) is 79.0 cm³/mol. The number of benzene rings is 1. The first-order chi connectivity index (χ1) is 10.1. The monoisotopic (exact) mass is 284 g/mol. The maximum atomic E-state index is 12.1. The van der Waals surface area contributed by atoms with Gasteiger partial charge in [0.1, 0.15) is 11.3 Å². The molecule has 0 radical (unpaired) electrons. The highest BCUT2D eigenvalue weighted by Gasteiger charge is 2.13. The van der Waals surface area contributed by atoms with Gasteiger partial charge in [-0.15, -0.1) is 0 Å². The third-order valence-corrected chi connectivity index (χ3v) is 2.95. The molecule has 2 N–H and O–H groups in total. The van der Waals surface area contributed by atoms with Gasteiger partial charge in [-0.1, -0.05) is 23.1 Å². The fourth-order valence-electron chi connectivity index (χ4n) is 1.76. The summed E-state index contributed by atoms with van der Waals surface area (Å²) in [7, 11) is 0. The lowest BCUT2D eigenvalue weighted by atomic mass is 10.1. The fourth-order valence-corrected chi connectivity index (χ4v) is 1.76. The molecule has 21 heavy (non-hydrogen) atoms. The Bertz CT molecular complexity index is 708. The second-order valence-electron chi connectivity index (χ2n) is 4.55. The standard InChI is InChI=1S/C16H16N2O3/c1-11-6-7-13(5-3-4-8-19)9-15(11)18-16(20)14-10-17-21-12(14)2/h6-7,9-10,19H,4,8H2,1-2H3,(H,18,20). The number of hydrogen-bond donors (Lipinski definition) is 2. The highest BCUT2D eigenvalue weighted by atomic mass is 16.5. The van der Waals surface area contributed by atoms with E-state index in [-0.39, 0.29) is 12.5 Å². The van der Waals surface area contributed by atoms with Crippen molar-refractivity contribution in [3.63, 3.8) is 0 Å². The average molecular weight is 284 g/mol. The molecule has 0 aliphatic carbocycles. The van der Waals surface area contributed by atoms with Gasteiger partial charge in [0.05, 0.1) is 12.8 Å². The molecule has 0 saturated carbocycles. The number of aliphatic hydroxyl groups excluding tert-OH is 1. The van der Waals surface area contributed by atoms with E-state index in [1.165, 1.54) is 6.20 Å². The first-order valence-corrected chi connectivity index (χ1v) is 6.55. The zero-order valence-corrected chi connectivity index (χ0v) is 11.9. The van der Waals surface area contributed by atoms with Crippen LogP contribution in [0.25, 0.3) is 0 Å². The Balaban J connectivity index is 2.20. The Hall–Kier alpha value is -2.58. The Kier molecular flexibility index (Phi) is 4.75. The topological polar surface area (TPSA) is 75.4 Å². The first-order valence-electron chi connectivity index (χ1n) is 6.55. The summed E-state index contributed by atoms with van der Waals surface area (Å²) < 4.78 is 4.89. The van der Waals surface area contributed by atoms with E-state index in [2.05, 4.69) is 22.3 Å². The number of aryl methyl sites for hydroxylation is 2. The molecular weight excluding hydrogens is 268 g/mol. The summed E-state index contributed by atoms with van der Waals surface area (Å²) in [6.45, 7) is 3.63. The lowest BCUT2D eigenvalue weighted by molar-refractivity contribution is 0.102. The summed E-state index contributed by atoms with van der Waals surface area (Å²) >= 11 is 0. The third-order valence-electron chi connectivity index (χ3n) is 2.95. The van der Waals surface area contributed by atoms with Crippen LogP contribution in [0.3, 0.4) is 0 Å². The highest BCUT2D eigenvalue weighted by Crippen LogP contribution is 2.18. The van der Waals surface area contributed by atoms with Crippen LogP contribution in [0.4, 0.5) is 5.69 Å². The summed E-state index contributed by atoms with van der Waals surface area (Å²) in [5.41, 5.74) is 2.82. The molecule has 0 saturated heterocycles. The van der Waals surface area contributed by atoms with Crippen LogP contribution in [0.1, 0.15) is 33.7 Å². The van der Waals surface area contributed by atoms with Gasteiger partial charge in [-0.05, 0) is 31.5 Å². The Labute approximate surface area is 123 Å². The maximum Gasteiger partial charge on any atom is 0.260 e. The number of carbonyl (C=O) groups excluding carboxylic acids is 1. The lowest BCUT2D eigenvalue weighted by Gasteiger charge is -2.08. The molecule has 2 rings (SSSR count). The molecule has 0 spiro atoms. The van der Waals surface area contributed by atoms with Gasteiger partial charge in [0.25, 0.3) is 5.91 Å². The largest absolute Gasteiger partial charge is 0.395 e. The molecule has 1 aromatic heterocycles. The average Bonchev–Trinajstić information content (AvgIpc) is 2.89. The van der Waals surface area contributed by atoms with E-state index in [0.29, 0.717) is 23.4 Å². The number of amides is 1. The van der Waals surface area contributed by atoms with Gasteiger partial charge in [0.2, 0.25) is 0 Å². The molecule has 108 valence electrons. The van der Waals surface area contributed by atoms with E-state index in [4.69, 9.17) is 9.63 Å². The van der Waals surface area contributed by atoms with Gasteiger partial charge >= 0.3 is 0 Å². The van der Waals surface area contributed by atoms with Crippen molar-refractivity contribution in [2.45, 2.75) is 20.3 Å². The summed E-state index contributed by atoms with van der Waals surface area (Å²) in [5.74, 6) is 6.00. The molecule has 2 aromatic rings. The number of anilines is 1. The molecule has 0 aliphatic heterocycles. The molecule has 0 aliphatic rings. The minimum absolute atomic E-state index is 0.0369. The molecule has 0 atom stereocenters. The van der Waals surface area contributed by atoms with Gasteiger partial charge in [-0.2, -0.15) is 0 Å². The molecule has 0 unspecified atom stereocenters. The van der Waals surface area contributed by atoms with E-state index in [1.807, 2.05) is 19.1 Å². The Morgan fingerprint density at radius 3 is 2.90 bits per heavy atom. The molecular formula is C16H16N2O3. The zero-order chi connectivity index (χ0) is 15.2. The van der Waals surface area contributed by atoms with Gasteiger partial charge in [-0.3, -0.25) is 4.79 Å². The molecule has 0 bridgehead atoms. The maximum absolute atomic E-state index is 12.1. The number of nitrogens with one attached hydrogen (secondary N) is 1. The summed E-state index contributed by atoms with van der Waals surface area (Å²) in [5, 5.41) is 15.1. The van der Waals surface area contributed by atoms with Gasteiger partial charge in [0.15, 0.2) is 0 Å². The third kappa shape index (κ3) is 3.71. The quantitative estimate of drug-likeness (QED) is 0.848. The van der Waals surface area contributed by atoms with Crippen molar-refractivity contribution in [3.05, 3.63) is 46.8 Å². The minimum Gasteiger partial charge on any atom is -0.395 e. The molecule has 5 heteroatoms. The van der Waals surface area contributed by atoms with E-state index >= 15 is 0 Å². The van der Waals surface area contributed by atoms with Gasteiger partial charge in [0, 0.05) is 17.7 Å². The van der Waals surface area contributed by atoms with Crippen LogP contribution >= 0.6 is 0 Å². The van der Waals surface area contributed by atoms with Crippen molar-refractivity contribution in [2.24, 2.45) is 0 Å². The smallest absolute Gasteiger partial charge is 0.260 e. The van der Waals surface area contributed by atoms with Crippen molar-refractivity contribution in [2.75, 3.05) is 11.9 Å². The predicted octanol–water partition coefficient (Wildman–Crippen LogP) is 2.28.